The van der Waals surface area contributed by atoms with Crippen LogP contribution in [-0.2, 0) is 0 Å². The summed E-state index contributed by atoms with van der Waals surface area (Å²) in [4.78, 5) is 15.5. The summed E-state index contributed by atoms with van der Waals surface area (Å²) in [6.07, 6.45) is 0. The molecule has 0 saturated carbocycles. The Balaban J connectivity index is 1.69. The molecule has 0 unspecified atom stereocenters. The number of carboxylic acid groups (broad SMARTS) is 1. The van der Waals surface area contributed by atoms with Crippen LogP contribution in [0, 0.1) is 0 Å². The smallest absolute Gasteiger partial charge is 0.335 e. The Kier molecular flexibility index (Phi) is 4.46. The van der Waals surface area contributed by atoms with E-state index in [1.807, 2.05) is 18.2 Å². The summed E-state index contributed by atoms with van der Waals surface area (Å²) in [7, 11) is 1.67. The van der Waals surface area contributed by atoms with Crippen LogP contribution in [0.3, 0.4) is 0 Å². The molecule has 0 radical (unpaired) electrons. The van der Waals surface area contributed by atoms with Gasteiger partial charge in [-0.05, 0) is 30.3 Å². The highest BCUT2D eigenvalue weighted by molar-refractivity contribution is 5.90. The van der Waals surface area contributed by atoms with E-state index in [1.165, 1.54) is 6.07 Å². The average Bonchev–Trinajstić information content (AvgIpc) is 2.62. The van der Waals surface area contributed by atoms with Gasteiger partial charge in [0.1, 0.15) is 5.75 Å². The molecular formula is C18H21N3O3. The first-order valence-electron chi connectivity index (χ1n) is 7.85. The molecule has 1 aliphatic rings. The van der Waals surface area contributed by atoms with Gasteiger partial charge in [0.25, 0.3) is 0 Å². The number of anilines is 3. The maximum atomic E-state index is 11.0. The van der Waals surface area contributed by atoms with E-state index in [9.17, 15) is 4.79 Å². The van der Waals surface area contributed by atoms with Crippen molar-refractivity contribution in [3.63, 3.8) is 0 Å². The summed E-state index contributed by atoms with van der Waals surface area (Å²) in [5.41, 5.74) is 8.79. The zero-order valence-corrected chi connectivity index (χ0v) is 13.6. The van der Waals surface area contributed by atoms with Crippen molar-refractivity contribution in [2.45, 2.75) is 0 Å². The fraction of sp³-hybridized carbons (Fsp3) is 0.278. The van der Waals surface area contributed by atoms with Crippen LogP contribution in [0.5, 0.6) is 5.75 Å². The third-order valence-electron chi connectivity index (χ3n) is 4.31. The Labute approximate surface area is 141 Å². The van der Waals surface area contributed by atoms with Gasteiger partial charge in [-0.1, -0.05) is 6.07 Å². The summed E-state index contributed by atoms with van der Waals surface area (Å²) < 4.78 is 5.28. The fourth-order valence-electron chi connectivity index (χ4n) is 2.99. The van der Waals surface area contributed by atoms with Gasteiger partial charge in [-0.25, -0.2) is 4.79 Å². The van der Waals surface area contributed by atoms with Crippen molar-refractivity contribution in [3.8, 4) is 5.75 Å². The van der Waals surface area contributed by atoms with Crippen LogP contribution < -0.4 is 20.3 Å². The number of piperazine rings is 1. The lowest BCUT2D eigenvalue weighted by molar-refractivity contribution is 0.0697. The van der Waals surface area contributed by atoms with Gasteiger partial charge in [-0.2, -0.15) is 0 Å². The monoisotopic (exact) mass is 327 g/mol. The predicted molar refractivity (Wildman–Crippen MR) is 95.2 cm³/mol. The first-order valence-corrected chi connectivity index (χ1v) is 7.85. The minimum atomic E-state index is -0.962. The molecule has 24 heavy (non-hydrogen) atoms. The van der Waals surface area contributed by atoms with Gasteiger partial charge >= 0.3 is 5.97 Å². The number of carbonyl (C=O) groups is 1. The zero-order chi connectivity index (χ0) is 17.1. The molecule has 1 heterocycles. The van der Waals surface area contributed by atoms with Crippen molar-refractivity contribution in [2.24, 2.45) is 0 Å². The molecule has 3 rings (SSSR count). The summed E-state index contributed by atoms with van der Waals surface area (Å²) in [5, 5.41) is 9.03. The number of nitrogens with zero attached hydrogens (tertiary/aromatic N) is 2. The molecule has 1 aliphatic heterocycles. The number of ether oxygens (including phenoxy) is 1. The van der Waals surface area contributed by atoms with Gasteiger partial charge in [0.2, 0.25) is 0 Å². The zero-order valence-electron chi connectivity index (χ0n) is 13.6. The van der Waals surface area contributed by atoms with Crippen LogP contribution in [0.2, 0.25) is 0 Å². The summed E-state index contributed by atoms with van der Waals surface area (Å²) in [5.74, 6) is -0.112. The molecule has 0 aromatic heterocycles. The van der Waals surface area contributed by atoms with E-state index in [4.69, 9.17) is 15.6 Å². The molecule has 2 aromatic rings. The molecule has 1 saturated heterocycles. The Morgan fingerprint density at radius 3 is 2.42 bits per heavy atom. The first-order chi connectivity index (χ1) is 11.6. The van der Waals surface area contributed by atoms with Gasteiger partial charge < -0.3 is 25.4 Å². The third kappa shape index (κ3) is 3.22. The Hall–Kier alpha value is -2.89. The number of aromatic carboxylic acids is 1. The van der Waals surface area contributed by atoms with E-state index in [-0.39, 0.29) is 5.56 Å². The second-order valence-electron chi connectivity index (χ2n) is 5.75. The number of nitrogen functional groups attached to an aromatic ring is 1. The molecule has 0 bridgehead atoms. The molecule has 6 nitrogen and oxygen atoms in total. The summed E-state index contributed by atoms with van der Waals surface area (Å²) in [6, 6.07) is 12.9. The van der Waals surface area contributed by atoms with Gasteiger partial charge in [0.05, 0.1) is 24.0 Å². The largest absolute Gasteiger partial charge is 0.497 e. The molecule has 0 atom stereocenters. The third-order valence-corrected chi connectivity index (χ3v) is 4.31. The SMILES string of the molecule is COc1cccc(N2CCN(c3ccc(C(=O)O)cc3N)CC2)c1. The molecule has 2 aromatic carbocycles. The van der Waals surface area contributed by atoms with Crippen molar-refractivity contribution in [2.75, 3.05) is 48.8 Å². The minimum absolute atomic E-state index is 0.214. The number of rotatable bonds is 4. The van der Waals surface area contributed by atoms with Crippen molar-refractivity contribution < 1.29 is 14.6 Å². The van der Waals surface area contributed by atoms with E-state index >= 15 is 0 Å². The van der Waals surface area contributed by atoms with E-state index in [0.29, 0.717) is 5.69 Å². The Morgan fingerprint density at radius 2 is 1.79 bits per heavy atom. The maximum absolute atomic E-state index is 11.0. The highest BCUT2D eigenvalue weighted by Crippen LogP contribution is 2.27. The van der Waals surface area contributed by atoms with Crippen molar-refractivity contribution in [3.05, 3.63) is 48.0 Å². The summed E-state index contributed by atoms with van der Waals surface area (Å²) in [6.45, 7) is 3.39. The average molecular weight is 327 g/mol. The van der Waals surface area contributed by atoms with E-state index < -0.39 is 5.97 Å². The van der Waals surface area contributed by atoms with Crippen LogP contribution in [0.15, 0.2) is 42.5 Å². The predicted octanol–water partition coefficient (Wildman–Crippen LogP) is 2.30. The van der Waals surface area contributed by atoms with E-state index in [2.05, 4.69) is 15.9 Å². The highest BCUT2D eigenvalue weighted by atomic mass is 16.5. The number of carboxylic acids is 1. The molecule has 0 aliphatic carbocycles. The lowest BCUT2D eigenvalue weighted by Gasteiger charge is -2.38. The van der Waals surface area contributed by atoms with Crippen LogP contribution in [0.25, 0.3) is 0 Å². The van der Waals surface area contributed by atoms with Crippen molar-refractivity contribution in [1.82, 2.24) is 0 Å². The Bertz CT molecular complexity index is 740. The fourth-order valence-corrected chi connectivity index (χ4v) is 2.99. The number of hydrogen-bond acceptors (Lipinski definition) is 5. The molecule has 3 N–H and O–H groups in total. The lowest BCUT2D eigenvalue weighted by atomic mass is 10.1. The molecule has 1 fully saturated rings. The number of methoxy groups -OCH3 is 1. The van der Waals surface area contributed by atoms with Crippen molar-refractivity contribution >= 4 is 23.0 Å². The van der Waals surface area contributed by atoms with E-state index in [1.54, 1.807) is 19.2 Å². The lowest BCUT2D eigenvalue weighted by Crippen LogP contribution is -2.46. The molecule has 0 spiro atoms. The van der Waals surface area contributed by atoms with Gasteiger partial charge in [0, 0.05) is 37.9 Å². The van der Waals surface area contributed by atoms with Gasteiger partial charge in [-0.3, -0.25) is 0 Å². The second-order valence-corrected chi connectivity index (χ2v) is 5.75. The van der Waals surface area contributed by atoms with Crippen LogP contribution in [0.4, 0.5) is 17.1 Å². The maximum Gasteiger partial charge on any atom is 0.335 e. The molecule has 6 heteroatoms. The molecule has 126 valence electrons. The van der Waals surface area contributed by atoms with Crippen LogP contribution in [0.1, 0.15) is 10.4 Å². The standard InChI is InChI=1S/C18H21N3O3/c1-24-15-4-2-3-14(12-15)20-7-9-21(10-8-20)17-6-5-13(18(22)23)11-16(17)19/h2-6,11-12H,7-10,19H2,1H3,(H,22,23). The quantitative estimate of drug-likeness (QED) is 0.839. The number of hydrogen-bond donors (Lipinski definition) is 2. The van der Waals surface area contributed by atoms with Gasteiger partial charge in [0.15, 0.2) is 0 Å². The second kappa shape index (κ2) is 6.70. The van der Waals surface area contributed by atoms with Gasteiger partial charge in [-0.15, -0.1) is 0 Å². The topological polar surface area (TPSA) is 79.0 Å². The molecule has 0 amide bonds. The van der Waals surface area contributed by atoms with E-state index in [0.717, 1.165) is 43.3 Å². The van der Waals surface area contributed by atoms with Crippen LogP contribution >= 0.6 is 0 Å². The summed E-state index contributed by atoms with van der Waals surface area (Å²) >= 11 is 0. The van der Waals surface area contributed by atoms with Crippen molar-refractivity contribution in [1.29, 1.82) is 0 Å². The molecular weight excluding hydrogens is 306 g/mol. The first kappa shape index (κ1) is 16.0. The van der Waals surface area contributed by atoms with Crippen LogP contribution in [-0.4, -0.2) is 44.4 Å². The number of nitrogens with two attached hydrogens (primary N) is 1. The highest BCUT2D eigenvalue weighted by Gasteiger charge is 2.20. The normalized spacial score (nSPS) is 14.5. The Morgan fingerprint density at radius 1 is 1.08 bits per heavy atom. The minimum Gasteiger partial charge on any atom is -0.497 e. The number of benzene rings is 2.